The largest absolute Gasteiger partial charge is 0.393 e. The van der Waals surface area contributed by atoms with Crippen molar-refractivity contribution < 1.29 is 5.11 Å². The predicted octanol–water partition coefficient (Wildman–Crippen LogP) is 5.44. The number of benzene rings is 1. The van der Waals surface area contributed by atoms with E-state index in [4.69, 9.17) is 0 Å². The van der Waals surface area contributed by atoms with Gasteiger partial charge in [-0.1, -0.05) is 19.9 Å². The van der Waals surface area contributed by atoms with Crippen molar-refractivity contribution in [1.29, 1.82) is 0 Å². The first-order chi connectivity index (χ1) is 13.0. The van der Waals surface area contributed by atoms with E-state index in [2.05, 4.69) is 59.2 Å². The van der Waals surface area contributed by atoms with Gasteiger partial charge in [0, 0.05) is 29.7 Å². The molecular formula is C21H25ClN4OS. The monoisotopic (exact) mass is 416 g/mol. The van der Waals surface area contributed by atoms with Gasteiger partial charge < -0.3 is 10.4 Å². The standard InChI is InChI=1S/C21H24N4OS.ClH/c1-12(2)18-4-5-22-21(25-18)24-16-7-13(3)6-14(8-16)19-11-23-20(27-19)15-9-17(26)10-15;/h4-8,11-12,15,17,26H,9-10H2,1-3H3,(H,22,24,25);1H. The van der Waals surface area contributed by atoms with Crippen molar-refractivity contribution in [3.8, 4) is 10.4 Å². The molecule has 2 N–H and O–H groups in total. The number of thiazole rings is 1. The van der Waals surface area contributed by atoms with E-state index in [1.54, 1.807) is 17.5 Å². The van der Waals surface area contributed by atoms with Crippen LogP contribution in [-0.4, -0.2) is 26.2 Å². The first-order valence-corrected chi connectivity index (χ1v) is 10.2. The van der Waals surface area contributed by atoms with Gasteiger partial charge in [-0.05, 0) is 55.0 Å². The number of aromatic nitrogens is 3. The molecule has 7 heteroatoms. The molecule has 0 spiro atoms. The van der Waals surface area contributed by atoms with Crippen molar-refractivity contribution in [1.82, 2.24) is 15.0 Å². The molecule has 0 unspecified atom stereocenters. The van der Waals surface area contributed by atoms with Gasteiger partial charge in [-0.3, -0.25) is 0 Å². The number of anilines is 2. The van der Waals surface area contributed by atoms with Gasteiger partial charge in [-0.2, -0.15) is 0 Å². The second-order valence-corrected chi connectivity index (χ2v) is 8.62. The Morgan fingerprint density at radius 1 is 1.18 bits per heavy atom. The number of nitrogens with one attached hydrogen (secondary N) is 1. The topological polar surface area (TPSA) is 70.9 Å². The molecule has 0 aliphatic heterocycles. The van der Waals surface area contributed by atoms with Crippen LogP contribution in [0.15, 0.2) is 36.7 Å². The highest BCUT2D eigenvalue weighted by Crippen LogP contribution is 2.41. The fraction of sp³-hybridized carbons (Fsp3) is 0.381. The third-order valence-corrected chi connectivity index (χ3v) is 6.08. The summed E-state index contributed by atoms with van der Waals surface area (Å²) in [6, 6.07) is 8.34. The van der Waals surface area contributed by atoms with Gasteiger partial charge >= 0.3 is 0 Å². The maximum atomic E-state index is 9.53. The Hall–Kier alpha value is -2.02. The quantitative estimate of drug-likeness (QED) is 0.579. The number of halogens is 1. The second kappa shape index (κ2) is 8.55. The number of aryl methyl sites for hydroxylation is 1. The third-order valence-electron chi connectivity index (χ3n) is 4.87. The van der Waals surface area contributed by atoms with Crippen LogP contribution < -0.4 is 5.32 Å². The Morgan fingerprint density at radius 2 is 1.96 bits per heavy atom. The molecule has 0 saturated heterocycles. The average molecular weight is 417 g/mol. The molecule has 0 amide bonds. The van der Waals surface area contributed by atoms with Crippen molar-refractivity contribution in [2.24, 2.45) is 0 Å². The highest BCUT2D eigenvalue weighted by atomic mass is 35.5. The lowest BCUT2D eigenvalue weighted by Gasteiger charge is -2.29. The molecule has 2 heterocycles. The summed E-state index contributed by atoms with van der Waals surface area (Å²) in [4.78, 5) is 14.7. The maximum absolute atomic E-state index is 9.53. The number of aliphatic hydroxyl groups is 1. The van der Waals surface area contributed by atoms with Gasteiger partial charge in [0.05, 0.1) is 16.0 Å². The molecule has 148 valence electrons. The minimum absolute atomic E-state index is 0. The smallest absolute Gasteiger partial charge is 0.227 e. The number of nitrogens with zero attached hydrogens (tertiary/aromatic N) is 3. The molecule has 1 fully saturated rings. The molecule has 1 aliphatic rings. The molecule has 2 aromatic heterocycles. The Morgan fingerprint density at radius 3 is 2.68 bits per heavy atom. The molecule has 1 aliphatic carbocycles. The Balaban J connectivity index is 0.00000225. The summed E-state index contributed by atoms with van der Waals surface area (Å²) in [7, 11) is 0. The fourth-order valence-electron chi connectivity index (χ4n) is 3.28. The number of aliphatic hydroxyl groups excluding tert-OH is 1. The van der Waals surface area contributed by atoms with Crippen molar-refractivity contribution in [3.63, 3.8) is 0 Å². The highest BCUT2D eigenvalue weighted by Gasteiger charge is 2.30. The normalized spacial score (nSPS) is 18.5. The summed E-state index contributed by atoms with van der Waals surface area (Å²) in [6.45, 7) is 6.34. The number of hydrogen-bond acceptors (Lipinski definition) is 6. The molecule has 1 saturated carbocycles. The zero-order valence-corrected chi connectivity index (χ0v) is 17.8. The van der Waals surface area contributed by atoms with Crippen LogP contribution >= 0.6 is 23.7 Å². The molecular weight excluding hydrogens is 392 g/mol. The zero-order chi connectivity index (χ0) is 19.0. The van der Waals surface area contributed by atoms with Crippen LogP contribution in [0.2, 0.25) is 0 Å². The van der Waals surface area contributed by atoms with Gasteiger partial charge in [0.1, 0.15) is 0 Å². The van der Waals surface area contributed by atoms with Crippen LogP contribution in [0, 0.1) is 6.92 Å². The SMILES string of the molecule is Cc1cc(Nc2nccc(C(C)C)n2)cc(-c2cnc(C3CC(O)C3)s2)c1.Cl. The van der Waals surface area contributed by atoms with Gasteiger partial charge in [0.2, 0.25) is 5.95 Å². The lowest BCUT2D eigenvalue weighted by Crippen LogP contribution is -2.26. The number of rotatable bonds is 5. The van der Waals surface area contributed by atoms with Crippen LogP contribution in [0.25, 0.3) is 10.4 Å². The van der Waals surface area contributed by atoms with Crippen molar-refractivity contribution in [2.45, 2.75) is 51.6 Å². The Labute approximate surface area is 175 Å². The van der Waals surface area contributed by atoms with Crippen LogP contribution in [0.3, 0.4) is 0 Å². The van der Waals surface area contributed by atoms with Gasteiger partial charge in [-0.25, -0.2) is 15.0 Å². The van der Waals surface area contributed by atoms with Crippen LogP contribution in [0.1, 0.15) is 54.8 Å². The molecule has 1 aromatic carbocycles. The third kappa shape index (κ3) is 4.51. The molecule has 3 aromatic rings. The molecule has 0 bridgehead atoms. The predicted molar refractivity (Wildman–Crippen MR) is 117 cm³/mol. The summed E-state index contributed by atoms with van der Waals surface area (Å²) in [5, 5.41) is 14.0. The summed E-state index contributed by atoms with van der Waals surface area (Å²) in [5.41, 5.74) is 4.31. The first kappa shape index (κ1) is 20.7. The van der Waals surface area contributed by atoms with Crippen molar-refractivity contribution in [2.75, 3.05) is 5.32 Å². The molecule has 5 nitrogen and oxygen atoms in total. The van der Waals surface area contributed by atoms with E-state index in [1.165, 1.54) is 5.56 Å². The minimum atomic E-state index is -0.154. The van der Waals surface area contributed by atoms with Gasteiger partial charge in [0.25, 0.3) is 0 Å². The summed E-state index contributed by atoms with van der Waals surface area (Å²) in [6.07, 6.45) is 5.25. The van der Waals surface area contributed by atoms with Crippen LogP contribution in [0.5, 0.6) is 0 Å². The van der Waals surface area contributed by atoms with E-state index in [-0.39, 0.29) is 18.5 Å². The minimum Gasteiger partial charge on any atom is -0.393 e. The summed E-state index contributed by atoms with van der Waals surface area (Å²) < 4.78 is 0. The highest BCUT2D eigenvalue weighted by molar-refractivity contribution is 7.15. The zero-order valence-electron chi connectivity index (χ0n) is 16.2. The maximum Gasteiger partial charge on any atom is 0.227 e. The van der Waals surface area contributed by atoms with Gasteiger partial charge in [0.15, 0.2) is 0 Å². The molecule has 0 radical (unpaired) electrons. The van der Waals surface area contributed by atoms with E-state index in [1.807, 2.05) is 12.3 Å². The second-order valence-electron chi connectivity index (χ2n) is 7.56. The lowest BCUT2D eigenvalue weighted by atomic mass is 9.83. The van der Waals surface area contributed by atoms with Crippen LogP contribution in [-0.2, 0) is 0 Å². The lowest BCUT2D eigenvalue weighted by molar-refractivity contribution is 0.0745. The fourth-order valence-corrected chi connectivity index (χ4v) is 4.31. The van der Waals surface area contributed by atoms with Crippen molar-refractivity contribution >= 4 is 35.4 Å². The van der Waals surface area contributed by atoms with E-state index in [0.29, 0.717) is 17.8 Å². The Bertz CT molecular complexity index is 953. The molecule has 4 rings (SSSR count). The molecule has 28 heavy (non-hydrogen) atoms. The van der Waals surface area contributed by atoms with E-state index in [9.17, 15) is 5.11 Å². The number of hydrogen-bond donors (Lipinski definition) is 2. The Kier molecular flexibility index (Phi) is 6.33. The summed E-state index contributed by atoms with van der Waals surface area (Å²) in [5.74, 6) is 1.39. The van der Waals surface area contributed by atoms with E-state index in [0.717, 1.165) is 39.7 Å². The first-order valence-electron chi connectivity index (χ1n) is 9.34. The van der Waals surface area contributed by atoms with E-state index >= 15 is 0 Å². The molecule has 0 atom stereocenters. The van der Waals surface area contributed by atoms with Crippen molar-refractivity contribution in [3.05, 3.63) is 52.9 Å². The average Bonchev–Trinajstić information content (AvgIpc) is 3.08. The van der Waals surface area contributed by atoms with Crippen LogP contribution in [0.4, 0.5) is 11.6 Å². The summed E-state index contributed by atoms with van der Waals surface area (Å²) >= 11 is 1.72. The van der Waals surface area contributed by atoms with Gasteiger partial charge in [-0.15, -0.1) is 23.7 Å². The van der Waals surface area contributed by atoms with E-state index < -0.39 is 0 Å².